The van der Waals surface area contributed by atoms with E-state index in [9.17, 15) is 19.2 Å². The number of ketones is 1. The minimum Gasteiger partial charge on any atom is -0.469 e. The molecule has 0 bridgehead atoms. The first-order valence-electron chi connectivity index (χ1n) is 7.79. The highest BCUT2D eigenvalue weighted by atomic mass is 16.5. The topological polar surface area (TPSA) is 116 Å². The number of hydrogen-bond acceptors (Lipinski definition) is 8. The summed E-state index contributed by atoms with van der Waals surface area (Å²) in [5.41, 5.74) is 0. The molecule has 0 aromatic rings. The van der Waals surface area contributed by atoms with Crippen molar-refractivity contribution in [2.45, 2.75) is 47.6 Å². The van der Waals surface area contributed by atoms with Crippen LogP contribution < -0.4 is 0 Å². The van der Waals surface area contributed by atoms with E-state index < -0.39 is 23.9 Å². The molecule has 0 spiro atoms. The molecule has 3 unspecified atom stereocenters. The van der Waals surface area contributed by atoms with Gasteiger partial charge in [0.25, 0.3) is 0 Å². The number of esters is 3. The molecule has 0 rings (SSSR count). The molecule has 3 atom stereocenters. The first-order chi connectivity index (χ1) is 11.4. The third kappa shape index (κ3) is 15.3. The van der Waals surface area contributed by atoms with Crippen molar-refractivity contribution in [2.24, 2.45) is 17.8 Å². The van der Waals surface area contributed by atoms with Crippen molar-refractivity contribution >= 4 is 23.7 Å². The van der Waals surface area contributed by atoms with Crippen molar-refractivity contribution < 1.29 is 38.5 Å². The first-order valence-corrected chi connectivity index (χ1v) is 7.79. The Hall–Kier alpha value is -1.96. The zero-order valence-corrected chi connectivity index (χ0v) is 16.6. The smallest absolute Gasteiger partial charge is 0.315 e. The van der Waals surface area contributed by atoms with Crippen LogP contribution in [0.25, 0.3) is 0 Å². The lowest BCUT2D eigenvalue weighted by Gasteiger charge is -2.10. The number of carbonyl (C=O) groups excluding carboxylic acids is 4. The Labute approximate surface area is 149 Å². The molecule has 0 amide bonds. The Morgan fingerprint density at radius 3 is 1.16 bits per heavy atom. The van der Waals surface area contributed by atoms with Crippen molar-refractivity contribution in [3.8, 4) is 0 Å². The molecule has 0 aliphatic carbocycles. The standard InChI is InChI=1S/C6H12O3.C6H10O3.C5H10O2/c2*1-4(5(2)7)6(8)9-3;1-4(2)5(6)7-3/h4-5,7H,1-3H3;4H,1-3H3;4H,1-3H3. The Balaban J connectivity index is -0.000000293. The Morgan fingerprint density at radius 1 is 0.720 bits per heavy atom. The fourth-order valence-corrected chi connectivity index (χ4v) is 0.961. The van der Waals surface area contributed by atoms with E-state index in [-0.39, 0.29) is 23.6 Å². The lowest BCUT2D eigenvalue weighted by atomic mass is 10.1. The molecule has 148 valence electrons. The number of methoxy groups -OCH3 is 3. The molecule has 8 heteroatoms. The molecule has 1 N–H and O–H groups in total. The van der Waals surface area contributed by atoms with Crippen molar-refractivity contribution in [2.75, 3.05) is 21.3 Å². The van der Waals surface area contributed by atoms with Crippen LogP contribution in [0.5, 0.6) is 0 Å². The van der Waals surface area contributed by atoms with E-state index in [4.69, 9.17) is 5.11 Å². The summed E-state index contributed by atoms with van der Waals surface area (Å²) in [6, 6.07) is 0. The third-order valence-electron chi connectivity index (χ3n) is 3.13. The highest BCUT2D eigenvalue weighted by Crippen LogP contribution is 2.02. The SMILES string of the molecule is COC(=O)C(C)C.COC(=O)C(C)C(C)=O.COC(=O)C(C)C(C)O. The normalized spacial score (nSPS) is 12.9. The summed E-state index contributed by atoms with van der Waals surface area (Å²) in [5.74, 6) is -2.19. The molecule has 0 heterocycles. The van der Waals surface area contributed by atoms with E-state index in [1.165, 1.54) is 35.2 Å². The van der Waals surface area contributed by atoms with E-state index in [2.05, 4.69) is 14.2 Å². The number of hydrogen-bond donors (Lipinski definition) is 1. The molecule has 0 aromatic heterocycles. The second kappa shape index (κ2) is 15.6. The average Bonchev–Trinajstić information content (AvgIpc) is 2.58. The van der Waals surface area contributed by atoms with Gasteiger partial charge in [-0.05, 0) is 27.7 Å². The zero-order valence-electron chi connectivity index (χ0n) is 16.6. The summed E-state index contributed by atoms with van der Waals surface area (Å²) in [4.78, 5) is 41.8. The second-order valence-electron chi connectivity index (χ2n) is 5.59. The van der Waals surface area contributed by atoms with Crippen LogP contribution >= 0.6 is 0 Å². The van der Waals surface area contributed by atoms with Crippen molar-refractivity contribution in [3.05, 3.63) is 0 Å². The molecular formula is C17H32O8. The Bertz CT molecular complexity index is 415. The molecule has 0 fully saturated rings. The van der Waals surface area contributed by atoms with Gasteiger partial charge in [-0.25, -0.2) is 0 Å². The van der Waals surface area contributed by atoms with Gasteiger partial charge < -0.3 is 19.3 Å². The van der Waals surface area contributed by atoms with Gasteiger partial charge in [-0.3, -0.25) is 19.2 Å². The van der Waals surface area contributed by atoms with Crippen LogP contribution in [-0.4, -0.2) is 56.2 Å². The summed E-state index contributed by atoms with van der Waals surface area (Å²) >= 11 is 0. The van der Waals surface area contributed by atoms with E-state index in [0.29, 0.717) is 0 Å². The molecule has 0 saturated heterocycles. The first kappa shape index (κ1) is 27.9. The van der Waals surface area contributed by atoms with Crippen LogP contribution in [0.15, 0.2) is 0 Å². The van der Waals surface area contributed by atoms with E-state index >= 15 is 0 Å². The summed E-state index contributed by atoms with van der Waals surface area (Å²) < 4.78 is 13.1. The van der Waals surface area contributed by atoms with Gasteiger partial charge in [0, 0.05) is 0 Å². The van der Waals surface area contributed by atoms with E-state index in [1.54, 1.807) is 27.7 Å². The van der Waals surface area contributed by atoms with Crippen molar-refractivity contribution in [1.29, 1.82) is 0 Å². The second-order valence-corrected chi connectivity index (χ2v) is 5.59. The molecule has 0 aliphatic rings. The highest BCUT2D eigenvalue weighted by Gasteiger charge is 2.18. The van der Waals surface area contributed by atoms with Crippen molar-refractivity contribution in [3.63, 3.8) is 0 Å². The number of aliphatic hydroxyl groups is 1. The summed E-state index contributed by atoms with van der Waals surface area (Å²) in [6.07, 6.45) is -0.627. The molecule has 0 radical (unpaired) electrons. The molecule has 0 aromatic carbocycles. The lowest BCUT2D eigenvalue weighted by Crippen LogP contribution is -2.23. The molecule has 0 saturated carbocycles. The lowest BCUT2D eigenvalue weighted by molar-refractivity contribution is -0.149. The van der Waals surface area contributed by atoms with Gasteiger partial charge in [-0.15, -0.1) is 0 Å². The molecule has 0 aliphatic heterocycles. The van der Waals surface area contributed by atoms with Gasteiger partial charge in [0.15, 0.2) is 0 Å². The van der Waals surface area contributed by atoms with Crippen LogP contribution in [0.3, 0.4) is 0 Å². The summed E-state index contributed by atoms with van der Waals surface area (Å²) in [5, 5.41) is 8.82. The monoisotopic (exact) mass is 364 g/mol. The number of ether oxygens (including phenoxy) is 3. The molecular weight excluding hydrogens is 332 g/mol. The number of carbonyl (C=O) groups is 4. The van der Waals surface area contributed by atoms with Gasteiger partial charge in [0.1, 0.15) is 11.7 Å². The van der Waals surface area contributed by atoms with E-state index in [1.807, 2.05) is 0 Å². The van der Waals surface area contributed by atoms with Crippen LogP contribution in [0.2, 0.25) is 0 Å². The minimum atomic E-state index is -0.627. The molecule has 25 heavy (non-hydrogen) atoms. The number of aliphatic hydroxyl groups excluding tert-OH is 1. The van der Waals surface area contributed by atoms with Crippen molar-refractivity contribution in [1.82, 2.24) is 0 Å². The number of rotatable bonds is 5. The Kier molecular flexibility index (Phi) is 17.3. The van der Waals surface area contributed by atoms with Crippen LogP contribution in [0, 0.1) is 17.8 Å². The predicted octanol–water partition coefficient (Wildman–Crippen LogP) is 1.38. The maximum absolute atomic E-state index is 10.6. The van der Waals surface area contributed by atoms with Crippen LogP contribution in [0.1, 0.15) is 41.5 Å². The summed E-state index contributed by atoms with van der Waals surface area (Å²) in [6.45, 7) is 9.66. The largest absolute Gasteiger partial charge is 0.469 e. The number of Topliss-reactive ketones (excluding diaryl/α,β-unsaturated/α-hetero) is 1. The predicted molar refractivity (Wildman–Crippen MR) is 91.6 cm³/mol. The summed E-state index contributed by atoms with van der Waals surface area (Å²) in [7, 11) is 3.96. The maximum atomic E-state index is 10.6. The average molecular weight is 364 g/mol. The molecule has 8 nitrogen and oxygen atoms in total. The van der Waals surface area contributed by atoms with Gasteiger partial charge in [0.2, 0.25) is 0 Å². The third-order valence-corrected chi connectivity index (χ3v) is 3.13. The minimum absolute atomic E-state index is 0.00463. The van der Waals surface area contributed by atoms with Crippen LogP contribution in [0.4, 0.5) is 0 Å². The fraction of sp³-hybridized carbons (Fsp3) is 0.765. The highest BCUT2D eigenvalue weighted by molar-refractivity contribution is 5.97. The van der Waals surface area contributed by atoms with Gasteiger partial charge in [0.05, 0.1) is 39.3 Å². The fourth-order valence-electron chi connectivity index (χ4n) is 0.961. The quantitative estimate of drug-likeness (QED) is 0.442. The van der Waals surface area contributed by atoms with Crippen LogP contribution in [-0.2, 0) is 33.4 Å². The van der Waals surface area contributed by atoms with Gasteiger partial charge in [-0.2, -0.15) is 0 Å². The maximum Gasteiger partial charge on any atom is 0.315 e. The Morgan fingerprint density at radius 2 is 1.08 bits per heavy atom. The van der Waals surface area contributed by atoms with Gasteiger partial charge >= 0.3 is 17.9 Å². The zero-order chi connectivity index (χ0) is 20.7. The van der Waals surface area contributed by atoms with Gasteiger partial charge in [-0.1, -0.05) is 13.8 Å². The van der Waals surface area contributed by atoms with E-state index in [0.717, 1.165) is 0 Å².